The van der Waals surface area contributed by atoms with Gasteiger partial charge in [-0.05, 0) is 49.4 Å². The van der Waals surface area contributed by atoms with Gasteiger partial charge in [-0.25, -0.2) is 0 Å². The third kappa shape index (κ3) is 2.53. The molecule has 0 saturated heterocycles. The lowest BCUT2D eigenvalue weighted by Crippen LogP contribution is -1.99. The van der Waals surface area contributed by atoms with E-state index in [9.17, 15) is 5.11 Å². The number of rotatable bonds is 4. The summed E-state index contributed by atoms with van der Waals surface area (Å²) in [5.74, 6) is 2.55. The summed E-state index contributed by atoms with van der Waals surface area (Å²) in [4.78, 5) is 0. The molecule has 1 atom stereocenters. The minimum absolute atomic E-state index is 0.455. The highest BCUT2D eigenvalue weighted by Gasteiger charge is 2.24. The molecular formula is C20H18O5. The van der Waals surface area contributed by atoms with Crippen LogP contribution in [0.1, 0.15) is 23.2 Å². The molecule has 0 spiro atoms. The number of benzene rings is 2. The van der Waals surface area contributed by atoms with Crippen LogP contribution < -0.4 is 9.47 Å². The standard InChI is InChI=1S/C20H18O5/c1-11-19(15-10-14(23-3)5-7-17(15)24-11)20(21)18-9-12-8-13(22-2)4-6-16(12)25-18/h4-10,20-21H,1-3H3. The smallest absolute Gasteiger partial charge is 0.141 e. The normalized spacial score (nSPS) is 12.6. The largest absolute Gasteiger partial charge is 0.497 e. The first-order chi connectivity index (χ1) is 12.1. The Morgan fingerprint density at radius 1 is 0.880 bits per heavy atom. The first kappa shape index (κ1) is 15.6. The minimum Gasteiger partial charge on any atom is -0.497 e. The average molecular weight is 338 g/mol. The van der Waals surface area contributed by atoms with Gasteiger partial charge in [0, 0.05) is 16.3 Å². The van der Waals surface area contributed by atoms with Gasteiger partial charge in [0.2, 0.25) is 0 Å². The average Bonchev–Trinajstić information content (AvgIpc) is 3.19. The molecule has 0 aliphatic heterocycles. The molecule has 128 valence electrons. The molecule has 0 aliphatic carbocycles. The molecule has 0 radical (unpaired) electrons. The van der Waals surface area contributed by atoms with Crippen LogP contribution in [-0.4, -0.2) is 19.3 Å². The van der Waals surface area contributed by atoms with Crippen molar-refractivity contribution in [1.82, 2.24) is 0 Å². The Morgan fingerprint density at radius 3 is 2.28 bits per heavy atom. The van der Waals surface area contributed by atoms with E-state index in [2.05, 4.69) is 0 Å². The maximum atomic E-state index is 10.9. The summed E-state index contributed by atoms with van der Waals surface area (Å²) in [7, 11) is 3.22. The second kappa shape index (κ2) is 5.86. The Kier molecular flexibility index (Phi) is 3.66. The molecule has 1 N–H and O–H groups in total. The molecule has 5 heteroatoms. The van der Waals surface area contributed by atoms with Crippen molar-refractivity contribution in [2.24, 2.45) is 0 Å². The monoisotopic (exact) mass is 338 g/mol. The molecule has 25 heavy (non-hydrogen) atoms. The molecule has 0 aliphatic rings. The second-order valence-electron chi connectivity index (χ2n) is 5.89. The number of aliphatic hydroxyl groups excluding tert-OH is 1. The van der Waals surface area contributed by atoms with Gasteiger partial charge in [0.15, 0.2) is 0 Å². The van der Waals surface area contributed by atoms with E-state index in [0.29, 0.717) is 34.0 Å². The molecule has 4 rings (SSSR count). The fourth-order valence-electron chi connectivity index (χ4n) is 3.13. The summed E-state index contributed by atoms with van der Waals surface area (Å²) in [5, 5.41) is 12.6. The van der Waals surface area contributed by atoms with Gasteiger partial charge in [-0.2, -0.15) is 0 Å². The summed E-state index contributed by atoms with van der Waals surface area (Å²) in [6, 6.07) is 12.9. The van der Waals surface area contributed by atoms with Crippen LogP contribution >= 0.6 is 0 Å². The zero-order valence-corrected chi connectivity index (χ0v) is 14.2. The van der Waals surface area contributed by atoms with Crippen molar-refractivity contribution in [2.75, 3.05) is 14.2 Å². The van der Waals surface area contributed by atoms with Gasteiger partial charge in [0.05, 0.1) is 14.2 Å². The summed E-state index contributed by atoms with van der Waals surface area (Å²) in [6.45, 7) is 1.83. The number of aryl methyl sites for hydroxylation is 1. The van der Waals surface area contributed by atoms with Gasteiger partial charge in [-0.3, -0.25) is 0 Å². The zero-order valence-electron chi connectivity index (χ0n) is 14.2. The number of methoxy groups -OCH3 is 2. The van der Waals surface area contributed by atoms with E-state index in [0.717, 1.165) is 16.5 Å². The molecule has 0 bridgehead atoms. The Hall–Kier alpha value is -2.92. The van der Waals surface area contributed by atoms with E-state index in [4.69, 9.17) is 18.3 Å². The Balaban J connectivity index is 1.84. The van der Waals surface area contributed by atoms with Gasteiger partial charge in [0.25, 0.3) is 0 Å². The maximum Gasteiger partial charge on any atom is 0.141 e. The molecule has 4 aromatic rings. The van der Waals surface area contributed by atoms with Crippen LogP contribution in [0.15, 0.2) is 51.3 Å². The van der Waals surface area contributed by atoms with Gasteiger partial charge in [-0.1, -0.05) is 0 Å². The molecule has 2 aromatic heterocycles. The van der Waals surface area contributed by atoms with Crippen molar-refractivity contribution in [2.45, 2.75) is 13.0 Å². The van der Waals surface area contributed by atoms with Crippen molar-refractivity contribution < 1.29 is 23.4 Å². The third-order valence-electron chi connectivity index (χ3n) is 4.40. The second-order valence-corrected chi connectivity index (χ2v) is 5.89. The van der Waals surface area contributed by atoms with Gasteiger partial charge < -0.3 is 23.4 Å². The Morgan fingerprint density at radius 2 is 1.56 bits per heavy atom. The number of hydrogen-bond donors (Lipinski definition) is 1. The van der Waals surface area contributed by atoms with Crippen LogP contribution in [0, 0.1) is 6.92 Å². The van der Waals surface area contributed by atoms with Crippen LogP contribution in [0.3, 0.4) is 0 Å². The fraction of sp³-hybridized carbons (Fsp3) is 0.200. The Labute approximate surface area is 144 Å². The van der Waals surface area contributed by atoms with E-state index in [1.165, 1.54) is 0 Å². The predicted octanol–water partition coefficient (Wildman–Crippen LogP) is 4.59. The zero-order chi connectivity index (χ0) is 17.6. The summed E-state index contributed by atoms with van der Waals surface area (Å²) in [6.07, 6.45) is -0.938. The lowest BCUT2D eigenvalue weighted by Gasteiger charge is -2.07. The molecule has 2 aromatic carbocycles. The van der Waals surface area contributed by atoms with E-state index < -0.39 is 6.10 Å². The highest BCUT2D eigenvalue weighted by atomic mass is 16.5. The number of ether oxygens (including phenoxy) is 2. The molecule has 1 unspecified atom stereocenters. The van der Waals surface area contributed by atoms with Crippen LogP contribution in [-0.2, 0) is 0 Å². The van der Waals surface area contributed by atoms with Crippen molar-refractivity contribution in [3.8, 4) is 11.5 Å². The quantitative estimate of drug-likeness (QED) is 0.590. The lowest BCUT2D eigenvalue weighted by molar-refractivity contribution is 0.191. The summed E-state index contributed by atoms with van der Waals surface area (Å²) < 4.78 is 22.1. The van der Waals surface area contributed by atoms with E-state index in [1.807, 2.05) is 49.4 Å². The van der Waals surface area contributed by atoms with Crippen LogP contribution in [0.5, 0.6) is 11.5 Å². The topological polar surface area (TPSA) is 65.0 Å². The maximum absolute atomic E-state index is 10.9. The number of aliphatic hydroxyl groups is 1. The molecule has 0 fully saturated rings. The first-order valence-electron chi connectivity index (χ1n) is 7.93. The molecule has 0 saturated carbocycles. The van der Waals surface area contributed by atoms with Crippen molar-refractivity contribution in [3.63, 3.8) is 0 Å². The van der Waals surface area contributed by atoms with Crippen molar-refractivity contribution >= 4 is 21.9 Å². The van der Waals surface area contributed by atoms with E-state index >= 15 is 0 Å². The van der Waals surface area contributed by atoms with Crippen LogP contribution in [0.4, 0.5) is 0 Å². The number of hydrogen-bond acceptors (Lipinski definition) is 5. The Bertz CT molecular complexity index is 1060. The highest BCUT2D eigenvalue weighted by molar-refractivity contribution is 5.85. The summed E-state index contributed by atoms with van der Waals surface area (Å²) >= 11 is 0. The number of furan rings is 2. The van der Waals surface area contributed by atoms with Gasteiger partial charge in [-0.15, -0.1) is 0 Å². The van der Waals surface area contributed by atoms with E-state index in [1.54, 1.807) is 14.2 Å². The van der Waals surface area contributed by atoms with Crippen molar-refractivity contribution in [1.29, 1.82) is 0 Å². The lowest BCUT2D eigenvalue weighted by atomic mass is 10.0. The highest BCUT2D eigenvalue weighted by Crippen LogP contribution is 2.37. The summed E-state index contributed by atoms with van der Waals surface area (Å²) in [5.41, 5.74) is 2.07. The predicted molar refractivity (Wildman–Crippen MR) is 94.3 cm³/mol. The van der Waals surface area contributed by atoms with Crippen LogP contribution in [0.2, 0.25) is 0 Å². The number of fused-ring (bicyclic) bond motifs is 2. The van der Waals surface area contributed by atoms with Crippen LogP contribution in [0.25, 0.3) is 21.9 Å². The SMILES string of the molecule is COc1ccc2oc(C(O)c3c(C)oc4ccc(OC)cc34)cc2c1. The molecule has 2 heterocycles. The van der Waals surface area contributed by atoms with E-state index in [-0.39, 0.29) is 0 Å². The first-order valence-corrected chi connectivity index (χ1v) is 7.93. The molecule has 5 nitrogen and oxygen atoms in total. The third-order valence-corrected chi connectivity index (χ3v) is 4.40. The van der Waals surface area contributed by atoms with Gasteiger partial charge in [0.1, 0.15) is 40.3 Å². The van der Waals surface area contributed by atoms with Crippen molar-refractivity contribution in [3.05, 3.63) is 59.5 Å². The minimum atomic E-state index is -0.938. The van der Waals surface area contributed by atoms with Gasteiger partial charge >= 0.3 is 0 Å². The molecule has 0 amide bonds. The fourth-order valence-corrected chi connectivity index (χ4v) is 3.13. The molecular weight excluding hydrogens is 320 g/mol.